The molecule has 0 radical (unpaired) electrons. The molecular formula is C13H10ClNO2. The molecule has 0 saturated carbocycles. The average molecular weight is 248 g/mol. The van der Waals surface area contributed by atoms with Crippen LogP contribution in [0.1, 0.15) is 15.9 Å². The van der Waals surface area contributed by atoms with Crippen molar-refractivity contribution in [3.05, 3.63) is 35.5 Å². The fourth-order valence-electron chi connectivity index (χ4n) is 1.61. The van der Waals surface area contributed by atoms with Crippen LogP contribution < -0.4 is 0 Å². The lowest BCUT2D eigenvalue weighted by molar-refractivity contribution is 0.0603. The highest BCUT2D eigenvalue weighted by molar-refractivity contribution is 6.19. The average Bonchev–Trinajstić information content (AvgIpc) is 2.78. The Balaban J connectivity index is 2.54. The summed E-state index contributed by atoms with van der Waals surface area (Å²) in [5, 5.41) is 0.804. The molecule has 3 nitrogen and oxygen atoms in total. The molecule has 2 aromatic rings. The molecular weight excluding hydrogens is 238 g/mol. The molecule has 17 heavy (non-hydrogen) atoms. The zero-order valence-electron chi connectivity index (χ0n) is 9.21. The van der Waals surface area contributed by atoms with Crippen LogP contribution in [0.5, 0.6) is 0 Å². The molecule has 86 valence electrons. The predicted octanol–water partition coefficient (Wildman–Crippen LogP) is 2.54. The number of nitrogens with one attached hydrogen (secondary N) is 1. The molecule has 1 heterocycles. The summed E-state index contributed by atoms with van der Waals surface area (Å²) in [6.07, 6.45) is 1.63. The van der Waals surface area contributed by atoms with E-state index in [0.29, 0.717) is 5.56 Å². The second-order valence-corrected chi connectivity index (χ2v) is 3.66. The van der Waals surface area contributed by atoms with E-state index in [1.807, 2.05) is 18.2 Å². The van der Waals surface area contributed by atoms with E-state index in [2.05, 4.69) is 16.8 Å². The normalized spacial score (nSPS) is 9.76. The molecule has 0 amide bonds. The van der Waals surface area contributed by atoms with Crippen LogP contribution in [0.25, 0.3) is 10.9 Å². The van der Waals surface area contributed by atoms with E-state index >= 15 is 0 Å². The number of benzene rings is 1. The molecule has 4 heteroatoms. The van der Waals surface area contributed by atoms with Crippen LogP contribution in [0.2, 0.25) is 0 Å². The highest BCUT2D eigenvalue weighted by atomic mass is 35.5. The predicted molar refractivity (Wildman–Crippen MR) is 67.2 cm³/mol. The number of aromatic amines is 1. The lowest BCUT2D eigenvalue weighted by Gasteiger charge is -1.97. The minimum absolute atomic E-state index is 0.287. The van der Waals surface area contributed by atoms with Gasteiger partial charge in [0.15, 0.2) is 0 Å². The van der Waals surface area contributed by atoms with Crippen LogP contribution in [0.3, 0.4) is 0 Å². The molecule has 0 aliphatic heterocycles. The number of rotatable bonds is 1. The molecule has 2 rings (SSSR count). The highest BCUT2D eigenvalue weighted by Gasteiger charge is 2.11. The van der Waals surface area contributed by atoms with Gasteiger partial charge in [0.05, 0.1) is 18.6 Å². The maximum Gasteiger partial charge on any atom is 0.340 e. The van der Waals surface area contributed by atoms with Crippen molar-refractivity contribution in [1.29, 1.82) is 0 Å². The Bertz CT molecular complexity index is 619. The van der Waals surface area contributed by atoms with Gasteiger partial charge in [-0.25, -0.2) is 4.79 Å². The number of methoxy groups -OCH3 is 1. The number of alkyl halides is 1. The van der Waals surface area contributed by atoms with Crippen LogP contribution in [0.15, 0.2) is 24.4 Å². The Hall–Kier alpha value is -1.92. The van der Waals surface area contributed by atoms with Crippen LogP contribution >= 0.6 is 11.6 Å². The minimum atomic E-state index is -0.362. The van der Waals surface area contributed by atoms with Gasteiger partial charge in [-0.15, -0.1) is 11.6 Å². The van der Waals surface area contributed by atoms with Gasteiger partial charge in [-0.2, -0.15) is 0 Å². The zero-order valence-corrected chi connectivity index (χ0v) is 9.97. The number of fused-ring (bicyclic) bond motifs is 1. The first kappa shape index (κ1) is 11.6. The van der Waals surface area contributed by atoms with E-state index in [1.165, 1.54) is 7.11 Å². The van der Waals surface area contributed by atoms with Gasteiger partial charge in [0.1, 0.15) is 0 Å². The van der Waals surface area contributed by atoms with Crippen molar-refractivity contribution in [3.8, 4) is 11.8 Å². The van der Waals surface area contributed by atoms with Gasteiger partial charge in [-0.05, 0) is 18.2 Å². The summed E-state index contributed by atoms with van der Waals surface area (Å²) in [5.41, 5.74) is 2.21. The second-order valence-electron chi connectivity index (χ2n) is 3.39. The first-order valence-electron chi connectivity index (χ1n) is 5.00. The van der Waals surface area contributed by atoms with Crippen molar-refractivity contribution in [2.24, 2.45) is 0 Å². The van der Waals surface area contributed by atoms with Crippen LogP contribution in [-0.2, 0) is 4.74 Å². The van der Waals surface area contributed by atoms with Crippen molar-refractivity contribution in [3.63, 3.8) is 0 Å². The first-order chi connectivity index (χ1) is 8.26. The van der Waals surface area contributed by atoms with E-state index < -0.39 is 0 Å². The topological polar surface area (TPSA) is 42.1 Å². The lowest BCUT2D eigenvalue weighted by Crippen LogP contribution is -1.99. The lowest BCUT2D eigenvalue weighted by atomic mass is 10.1. The summed E-state index contributed by atoms with van der Waals surface area (Å²) in [4.78, 5) is 14.5. The third-order valence-electron chi connectivity index (χ3n) is 2.39. The summed E-state index contributed by atoms with van der Waals surface area (Å²) in [7, 11) is 1.36. The number of carbonyl (C=O) groups is 1. The number of esters is 1. The Morgan fingerprint density at radius 1 is 1.53 bits per heavy atom. The van der Waals surface area contributed by atoms with Gasteiger partial charge in [0.2, 0.25) is 0 Å². The molecule has 1 N–H and O–H groups in total. The largest absolute Gasteiger partial charge is 0.465 e. The van der Waals surface area contributed by atoms with Gasteiger partial charge in [-0.1, -0.05) is 11.8 Å². The highest BCUT2D eigenvalue weighted by Crippen LogP contribution is 2.20. The Morgan fingerprint density at radius 3 is 3.06 bits per heavy atom. The molecule has 0 unspecified atom stereocenters. The van der Waals surface area contributed by atoms with E-state index in [0.717, 1.165) is 16.5 Å². The molecule has 0 saturated heterocycles. The third-order valence-corrected chi connectivity index (χ3v) is 2.52. The molecule has 1 aromatic carbocycles. The van der Waals surface area contributed by atoms with Gasteiger partial charge < -0.3 is 9.72 Å². The Morgan fingerprint density at radius 2 is 2.35 bits per heavy atom. The fourth-order valence-corrected chi connectivity index (χ4v) is 1.68. The van der Waals surface area contributed by atoms with Crippen molar-refractivity contribution >= 4 is 28.5 Å². The summed E-state index contributed by atoms with van der Waals surface area (Å²) < 4.78 is 4.71. The van der Waals surface area contributed by atoms with Gasteiger partial charge in [0.25, 0.3) is 0 Å². The summed E-state index contributed by atoms with van der Waals surface area (Å²) in [5.74, 6) is 5.61. The van der Waals surface area contributed by atoms with E-state index in [-0.39, 0.29) is 11.8 Å². The molecule has 0 aliphatic carbocycles. The second kappa shape index (κ2) is 4.94. The number of halogens is 1. The molecule has 0 atom stereocenters. The Labute approximate surface area is 104 Å². The molecule has 1 aromatic heterocycles. The summed E-state index contributed by atoms with van der Waals surface area (Å²) in [6.45, 7) is 0. The Kier molecular flexibility index (Phi) is 3.36. The van der Waals surface area contributed by atoms with E-state index in [9.17, 15) is 4.79 Å². The van der Waals surface area contributed by atoms with Crippen molar-refractivity contribution < 1.29 is 9.53 Å². The third kappa shape index (κ3) is 2.27. The SMILES string of the molecule is COC(=O)c1c[nH]c2ccc(C#CCCl)cc12. The summed E-state index contributed by atoms with van der Waals surface area (Å²) >= 11 is 5.50. The quantitative estimate of drug-likeness (QED) is 0.478. The van der Waals surface area contributed by atoms with Gasteiger partial charge >= 0.3 is 5.97 Å². The number of hydrogen-bond acceptors (Lipinski definition) is 2. The minimum Gasteiger partial charge on any atom is -0.465 e. The van der Waals surface area contributed by atoms with Crippen molar-refractivity contribution in [2.45, 2.75) is 0 Å². The molecule has 0 fully saturated rings. The number of hydrogen-bond donors (Lipinski definition) is 1. The van der Waals surface area contributed by atoms with Crippen LogP contribution in [0.4, 0.5) is 0 Å². The van der Waals surface area contributed by atoms with E-state index in [1.54, 1.807) is 6.20 Å². The number of ether oxygens (including phenoxy) is 1. The smallest absolute Gasteiger partial charge is 0.340 e. The standard InChI is InChI=1S/C13H10ClNO2/c1-17-13(16)11-8-15-12-5-4-9(3-2-6-14)7-10(11)12/h4-5,7-8,15H,6H2,1H3. The van der Waals surface area contributed by atoms with Gasteiger partial charge in [-0.3, -0.25) is 0 Å². The van der Waals surface area contributed by atoms with Crippen molar-refractivity contribution in [2.75, 3.05) is 13.0 Å². The maximum atomic E-state index is 11.5. The molecule has 0 bridgehead atoms. The molecule has 0 aliphatic rings. The summed E-state index contributed by atoms with van der Waals surface area (Å²) in [6, 6.07) is 5.59. The van der Waals surface area contributed by atoms with Crippen LogP contribution in [-0.4, -0.2) is 23.9 Å². The van der Waals surface area contributed by atoms with Crippen LogP contribution in [0, 0.1) is 11.8 Å². The number of carbonyl (C=O) groups excluding carboxylic acids is 1. The van der Waals surface area contributed by atoms with Crippen molar-refractivity contribution in [1.82, 2.24) is 4.98 Å². The maximum absolute atomic E-state index is 11.5. The zero-order chi connectivity index (χ0) is 12.3. The first-order valence-corrected chi connectivity index (χ1v) is 5.54. The monoisotopic (exact) mass is 247 g/mol. The fraction of sp³-hybridized carbons (Fsp3) is 0.154. The number of aromatic nitrogens is 1. The van der Waals surface area contributed by atoms with Gasteiger partial charge in [0, 0.05) is 22.7 Å². The van der Waals surface area contributed by atoms with E-state index in [4.69, 9.17) is 16.3 Å². The molecule has 0 spiro atoms. The number of H-pyrrole nitrogens is 1.